The molecule has 5 heteroatoms. The first-order valence-electron chi connectivity index (χ1n) is 6.72. The molecule has 1 aromatic rings. The Morgan fingerprint density at radius 2 is 2.00 bits per heavy atom. The summed E-state index contributed by atoms with van der Waals surface area (Å²) < 4.78 is 10.5. The van der Waals surface area contributed by atoms with Gasteiger partial charge in [0.1, 0.15) is 6.61 Å². The van der Waals surface area contributed by atoms with Gasteiger partial charge in [-0.2, -0.15) is 0 Å². The van der Waals surface area contributed by atoms with Crippen LogP contribution in [0.15, 0.2) is 30.3 Å². The first-order chi connectivity index (χ1) is 9.50. The summed E-state index contributed by atoms with van der Waals surface area (Å²) in [4.78, 5) is 25.2. The van der Waals surface area contributed by atoms with Crippen LogP contribution >= 0.6 is 0 Å². The summed E-state index contributed by atoms with van der Waals surface area (Å²) in [6.45, 7) is 5.82. The first-order valence-corrected chi connectivity index (χ1v) is 6.72. The number of hydrogen-bond donors (Lipinski definition) is 0. The van der Waals surface area contributed by atoms with Crippen molar-refractivity contribution in [1.82, 2.24) is 4.90 Å². The largest absolute Gasteiger partial charge is 0.458 e. The van der Waals surface area contributed by atoms with E-state index in [4.69, 9.17) is 9.47 Å². The predicted octanol–water partition coefficient (Wildman–Crippen LogP) is 2.46. The van der Waals surface area contributed by atoms with E-state index in [2.05, 4.69) is 0 Å². The third kappa shape index (κ3) is 2.92. The van der Waals surface area contributed by atoms with Crippen LogP contribution in [0, 0.1) is 0 Å². The highest BCUT2D eigenvalue weighted by Gasteiger charge is 2.40. The summed E-state index contributed by atoms with van der Waals surface area (Å²) in [6, 6.07) is 8.71. The average Bonchev–Trinajstić information content (AvgIpc) is 2.71. The molecule has 1 amide bonds. The SMILES string of the molecule is CC(C)N1C(=O)OC(COC(=O)c2ccccc2)C1C. The van der Waals surface area contributed by atoms with Gasteiger partial charge in [0, 0.05) is 6.04 Å². The van der Waals surface area contributed by atoms with E-state index in [0.29, 0.717) is 5.56 Å². The number of carbonyl (C=O) groups excluding carboxylic acids is 2. The molecule has 0 aromatic heterocycles. The standard InChI is InChI=1S/C15H19NO4/c1-10(2)16-11(3)13(20-15(16)18)9-19-14(17)12-7-5-4-6-8-12/h4-8,10-11,13H,9H2,1-3H3. The predicted molar refractivity (Wildman–Crippen MR) is 73.4 cm³/mol. The van der Waals surface area contributed by atoms with E-state index in [1.165, 1.54) is 0 Å². The highest BCUT2D eigenvalue weighted by Crippen LogP contribution is 2.22. The second kappa shape index (κ2) is 5.94. The molecule has 1 heterocycles. The Kier molecular flexibility index (Phi) is 4.27. The van der Waals surface area contributed by atoms with Gasteiger partial charge >= 0.3 is 12.1 Å². The van der Waals surface area contributed by atoms with Gasteiger partial charge in [-0.25, -0.2) is 9.59 Å². The first kappa shape index (κ1) is 14.4. The molecule has 0 saturated carbocycles. The normalized spacial score (nSPS) is 22.0. The molecule has 1 aromatic carbocycles. The summed E-state index contributed by atoms with van der Waals surface area (Å²) in [5, 5.41) is 0. The lowest BCUT2D eigenvalue weighted by atomic mass is 10.1. The quantitative estimate of drug-likeness (QED) is 0.793. The molecular weight excluding hydrogens is 258 g/mol. The number of amides is 1. The molecule has 0 bridgehead atoms. The maximum absolute atomic E-state index is 11.8. The fourth-order valence-electron chi connectivity index (χ4n) is 2.30. The zero-order valence-corrected chi connectivity index (χ0v) is 11.9. The third-order valence-corrected chi connectivity index (χ3v) is 3.38. The van der Waals surface area contributed by atoms with Crippen LogP contribution in [0.3, 0.4) is 0 Å². The summed E-state index contributed by atoms with van der Waals surface area (Å²) in [5.74, 6) is -0.406. The average molecular weight is 277 g/mol. The highest BCUT2D eigenvalue weighted by molar-refractivity contribution is 5.89. The Hall–Kier alpha value is -2.04. The Labute approximate surface area is 118 Å². The molecule has 20 heavy (non-hydrogen) atoms. The van der Waals surface area contributed by atoms with E-state index in [-0.39, 0.29) is 24.8 Å². The minimum Gasteiger partial charge on any atom is -0.458 e. The molecule has 1 fully saturated rings. The van der Waals surface area contributed by atoms with E-state index in [1.54, 1.807) is 29.2 Å². The smallest absolute Gasteiger partial charge is 0.410 e. The number of nitrogens with zero attached hydrogens (tertiary/aromatic N) is 1. The van der Waals surface area contributed by atoms with Crippen molar-refractivity contribution in [1.29, 1.82) is 0 Å². The van der Waals surface area contributed by atoms with Gasteiger partial charge in [-0.05, 0) is 32.9 Å². The van der Waals surface area contributed by atoms with Crippen LogP contribution in [0.5, 0.6) is 0 Å². The zero-order chi connectivity index (χ0) is 14.7. The summed E-state index contributed by atoms with van der Waals surface area (Å²) in [5.41, 5.74) is 0.491. The van der Waals surface area contributed by atoms with Crippen LogP contribution in [-0.2, 0) is 9.47 Å². The number of cyclic esters (lactones) is 1. The van der Waals surface area contributed by atoms with Crippen LogP contribution in [0.4, 0.5) is 4.79 Å². The molecule has 1 aliphatic heterocycles. The van der Waals surface area contributed by atoms with E-state index < -0.39 is 12.1 Å². The van der Waals surface area contributed by atoms with Crippen LogP contribution in [0.1, 0.15) is 31.1 Å². The topological polar surface area (TPSA) is 55.8 Å². The van der Waals surface area contributed by atoms with E-state index in [9.17, 15) is 9.59 Å². The number of benzene rings is 1. The van der Waals surface area contributed by atoms with Crippen molar-refractivity contribution in [3.8, 4) is 0 Å². The van der Waals surface area contributed by atoms with Gasteiger partial charge in [-0.15, -0.1) is 0 Å². The molecule has 2 atom stereocenters. The lowest BCUT2D eigenvalue weighted by Crippen LogP contribution is -2.40. The number of rotatable bonds is 4. The van der Waals surface area contributed by atoms with Crippen molar-refractivity contribution in [2.24, 2.45) is 0 Å². The number of carbonyl (C=O) groups is 2. The monoisotopic (exact) mass is 277 g/mol. The molecule has 2 rings (SSSR count). The molecule has 0 radical (unpaired) electrons. The second-order valence-electron chi connectivity index (χ2n) is 5.13. The molecule has 0 N–H and O–H groups in total. The Bertz CT molecular complexity index is 486. The van der Waals surface area contributed by atoms with Gasteiger partial charge in [0.2, 0.25) is 0 Å². The molecule has 0 aliphatic carbocycles. The molecule has 1 saturated heterocycles. The zero-order valence-electron chi connectivity index (χ0n) is 11.9. The minimum absolute atomic E-state index is 0.0623. The van der Waals surface area contributed by atoms with Gasteiger partial charge in [-0.3, -0.25) is 4.90 Å². The summed E-state index contributed by atoms with van der Waals surface area (Å²) >= 11 is 0. The van der Waals surface area contributed by atoms with Crippen molar-refractivity contribution in [3.63, 3.8) is 0 Å². The molecular formula is C15H19NO4. The van der Waals surface area contributed by atoms with Crippen molar-refractivity contribution >= 4 is 12.1 Å². The van der Waals surface area contributed by atoms with Crippen LogP contribution < -0.4 is 0 Å². The number of ether oxygens (including phenoxy) is 2. The Morgan fingerprint density at radius 1 is 1.35 bits per heavy atom. The van der Waals surface area contributed by atoms with Crippen molar-refractivity contribution < 1.29 is 19.1 Å². The van der Waals surface area contributed by atoms with Gasteiger partial charge < -0.3 is 9.47 Å². The fourth-order valence-corrected chi connectivity index (χ4v) is 2.30. The van der Waals surface area contributed by atoms with E-state index in [1.807, 2.05) is 26.8 Å². The second-order valence-corrected chi connectivity index (χ2v) is 5.13. The molecule has 2 unspecified atom stereocenters. The van der Waals surface area contributed by atoms with Gasteiger partial charge in [0.05, 0.1) is 11.6 Å². The maximum Gasteiger partial charge on any atom is 0.410 e. The number of hydrogen-bond acceptors (Lipinski definition) is 4. The lowest BCUT2D eigenvalue weighted by molar-refractivity contribution is 0.0256. The van der Waals surface area contributed by atoms with Gasteiger partial charge in [0.25, 0.3) is 0 Å². The number of esters is 1. The van der Waals surface area contributed by atoms with Crippen LogP contribution in [0.25, 0.3) is 0 Å². The molecule has 0 spiro atoms. The maximum atomic E-state index is 11.8. The third-order valence-electron chi connectivity index (χ3n) is 3.38. The molecule has 108 valence electrons. The molecule has 5 nitrogen and oxygen atoms in total. The fraction of sp³-hybridized carbons (Fsp3) is 0.467. The Balaban J connectivity index is 1.92. The van der Waals surface area contributed by atoms with E-state index >= 15 is 0 Å². The van der Waals surface area contributed by atoms with Gasteiger partial charge in [-0.1, -0.05) is 18.2 Å². The van der Waals surface area contributed by atoms with Crippen molar-refractivity contribution in [3.05, 3.63) is 35.9 Å². The lowest BCUT2D eigenvalue weighted by Gasteiger charge is -2.24. The molecule has 1 aliphatic rings. The van der Waals surface area contributed by atoms with Crippen molar-refractivity contribution in [2.75, 3.05) is 6.61 Å². The van der Waals surface area contributed by atoms with Crippen molar-refractivity contribution in [2.45, 2.75) is 39.0 Å². The Morgan fingerprint density at radius 3 is 2.55 bits per heavy atom. The van der Waals surface area contributed by atoms with Gasteiger partial charge in [0.15, 0.2) is 6.10 Å². The van der Waals surface area contributed by atoms with E-state index in [0.717, 1.165) is 0 Å². The summed E-state index contributed by atoms with van der Waals surface area (Å²) in [6.07, 6.45) is -0.772. The highest BCUT2D eigenvalue weighted by atomic mass is 16.6. The van der Waals surface area contributed by atoms with Crippen LogP contribution in [-0.4, -0.2) is 41.8 Å². The minimum atomic E-state index is -0.419. The van der Waals surface area contributed by atoms with Crippen LogP contribution in [0.2, 0.25) is 0 Å². The summed E-state index contributed by atoms with van der Waals surface area (Å²) in [7, 11) is 0.